The predicted molar refractivity (Wildman–Crippen MR) is 64.0 cm³/mol. The van der Waals surface area contributed by atoms with Crippen molar-refractivity contribution >= 4 is 21.7 Å². The molecule has 4 heteroatoms. The fourth-order valence-electron chi connectivity index (χ4n) is 1.54. The van der Waals surface area contributed by atoms with Crippen LogP contribution in [0.4, 0.5) is 0 Å². The summed E-state index contributed by atoms with van der Waals surface area (Å²) in [5, 5.41) is 4.39. The van der Waals surface area contributed by atoms with E-state index in [9.17, 15) is 4.79 Å². The number of carbonyl (C=O) groups excluding carboxylic acids is 1. The molecule has 84 valence electrons. The average Bonchev–Trinajstić information content (AvgIpc) is 2.52. The molecule has 0 atom stereocenters. The van der Waals surface area contributed by atoms with Gasteiger partial charge in [-0.1, -0.05) is 6.92 Å². The third-order valence-corrected chi connectivity index (χ3v) is 3.52. The Kier molecular flexibility index (Phi) is 4.51. The average molecular weight is 273 g/mol. The summed E-state index contributed by atoms with van der Waals surface area (Å²) in [6.07, 6.45) is 2.01. The van der Waals surface area contributed by atoms with Crippen molar-refractivity contribution in [2.24, 2.45) is 0 Å². The molecule has 15 heavy (non-hydrogen) atoms. The molecular weight excluding hydrogens is 256 g/mol. The maximum Gasteiger partial charge on any atom is 0.133 e. The van der Waals surface area contributed by atoms with E-state index < -0.39 is 0 Å². The van der Waals surface area contributed by atoms with Crippen LogP contribution in [-0.4, -0.2) is 15.6 Å². The zero-order valence-electron chi connectivity index (χ0n) is 9.51. The van der Waals surface area contributed by atoms with Crippen molar-refractivity contribution < 1.29 is 4.79 Å². The second-order valence-electron chi connectivity index (χ2n) is 3.55. The van der Waals surface area contributed by atoms with Gasteiger partial charge in [0.2, 0.25) is 0 Å². The molecule has 0 N–H and O–H groups in total. The monoisotopic (exact) mass is 272 g/mol. The second-order valence-corrected chi connectivity index (χ2v) is 4.35. The Morgan fingerprint density at radius 2 is 2.13 bits per heavy atom. The summed E-state index contributed by atoms with van der Waals surface area (Å²) in [4.78, 5) is 11.3. The lowest BCUT2D eigenvalue weighted by Gasteiger charge is -2.04. The molecule has 0 aliphatic carbocycles. The molecule has 0 unspecified atom stereocenters. The molecule has 1 aromatic heterocycles. The van der Waals surface area contributed by atoms with Crippen LogP contribution in [0.3, 0.4) is 0 Å². The van der Waals surface area contributed by atoms with Gasteiger partial charge >= 0.3 is 0 Å². The van der Waals surface area contributed by atoms with Crippen LogP contribution in [0, 0.1) is 6.92 Å². The molecule has 0 amide bonds. The third-order valence-electron chi connectivity index (χ3n) is 2.49. The molecular formula is C11H17BrN2O. The number of hydrogen-bond acceptors (Lipinski definition) is 2. The normalized spacial score (nSPS) is 10.7. The lowest BCUT2D eigenvalue weighted by atomic mass is 10.1. The molecule has 0 saturated heterocycles. The smallest absolute Gasteiger partial charge is 0.133 e. The van der Waals surface area contributed by atoms with E-state index in [1.54, 1.807) is 0 Å². The highest BCUT2D eigenvalue weighted by Crippen LogP contribution is 2.22. The number of aryl methyl sites for hydroxylation is 2. The molecule has 1 rings (SSSR count). The quantitative estimate of drug-likeness (QED) is 0.826. The Balaban J connectivity index is 2.79. The highest BCUT2D eigenvalue weighted by molar-refractivity contribution is 9.10. The number of Topliss-reactive ketones (excluding diaryl/α,β-unsaturated/α-hetero) is 1. The van der Waals surface area contributed by atoms with Crippen molar-refractivity contribution in [3.8, 4) is 0 Å². The zero-order valence-corrected chi connectivity index (χ0v) is 11.1. The van der Waals surface area contributed by atoms with Crippen molar-refractivity contribution in [1.82, 2.24) is 9.78 Å². The van der Waals surface area contributed by atoms with Gasteiger partial charge in [-0.15, -0.1) is 0 Å². The fourth-order valence-corrected chi connectivity index (χ4v) is 2.02. The Morgan fingerprint density at radius 3 is 2.67 bits per heavy atom. The van der Waals surface area contributed by atoms with Gasteiger partial charge in [0.1, 0.15) is 5.78 Å². The SMILES string of the molecule is CCC(=O)CCc1c(Br)c(C)nn1CC. The fraction of sp³-hybridized carbons (Fsp3) is 0.636. The molecule has 0 aliphatic rings. The minimum absolute atomic E-state index is 0.309. The number of nitrogens with zero attached hydrogens (tertiary/aromatic N) is 2. The van der Waals surface area contributed by atoms with E-state index in [0.717, 1.165) is 28.8 Å². The van der Waals surface area contributed by atoms with Crippen LogP contribution in [0.5, 0.6) is 0 Å². The highest BCUT2D eigenvalue weighted by Gasteiger charge is 2.12. The second kappa shape index (κ2) is 5.45. The minimum Gasteiger partial charge on any atom is -0.300 e. The van der Waals surface area contributed by atoms with E-state index in [0.29, 0.717) is 18.6 Å². The molecule has 0 bridgehead atoms. The van der Waals surface area contributed by atoms with E-state index in [-0.39, 0.29) is 0 Å². The van der Waals surface area contributed by atoms with Crippen molar-refractivity contribution in [1.29, 1.82) is 0 Å². The summed E-state index contributed by atoms with van der Waals surface area (Å²) in [5.41, 5.74) is 2.13. The molecule has 0 aromatic carbocycles. The van der Waals surface area contributed by atoms with Crippen LogP contribution < -0.4 is 0 Å². The molecule has 3 nitrogen and oxygen atoms in total. The Hall–Kier alpha value is -0.640. The molecule has 0 radical (unpaired) electrons. The summed E-state index contributed by atoms with van der Waals surface area (Å²) < 4.78 is 3.01. The number of halogens is 1. The van der Waals surface area contributed by atoms with E-state index in [1.165, 1.54) is 0 Å². The number of rotatable bonds is 5. The summed E-state index contributed by atoms with van der Waals surface area (Å²) in [6.45, 7) is 6.78. The first-order valence-electron chi connectivity index (χ1n) is 5.33. The topological polar surface area (TPSA) is 34.9 Å². The molecule has 0 saturated carbocycles. The van der Waals surface area contributed by atoms with Crippen LogP contribution >= 0.6 is 15.9 Å². The molecule has 1 heterocycles. The van der Waals surface area contributed by atoms with Crippen molar-refractivity contribution in [2.75, 3.05) is 0 Å². The minimum atomic E-state index is 0.309. The summed E-state index contributed by atoms with van der Waals surface area (Å²) in [5.74, 6) is 0.309. The van der Waals surface area contributed by atoms with E-state index in [2.05, 4.69) is 28.0 Å². The Morgan fingerprint density at radius 1 is 1.47 bits per heavy atom. The van der Waals surface area contributed by atoms with Gasteiger partial charge < -0.3 is 0 Å². The number of hydrogen-bond donors (Lipinski definition) is 0. The first-order valence-corrected chi connectivity index (χ1v) is 6.12. The summed E-state index contributed by atoms with van der Waals surface area (Å²) >= 11 is 3.52. The highest BCUT2D eigenvalue weighted by atomic mass is 79.9. The zero-order chi connectivity index (χ0) is 11.4. The molecule has 0 fully saturated rings. The van der Waals surface area contributed by atoms with E-state index in [4.69, 9.17) is 0 Å². The molecule has 0 aliphatic heterocycles. The predicted octanol–water partition coefficient (Wildman–Crippen LogP) is 2.89. The standard InChI is InChI=1S/C11H17BrN2O/c1-4-9(15)6-7-10-11(12)8(3)13-14(10)5-2/h4-7H2,1-3H3. The van der Waals surface area contributed by atoms with E-state index in [1.807, 2.05) is 18.5 Å². The van der Waals surface area contributed by atoms with Gasteiger partial charge in [-0.2, -0.15) is 5.10 Å². The van der Waals surface area contributed by atoms with Crippen LogP contribution in [-0.2, 0) is 17.8 Å². The third kappa shape index (κ3) is 2.91. The molecule has 1 aromatic rings. The summed E-state index contributed by atoms with van der Waals surface area (Å²) in [7, 11) is 0. The van der Waals surface area contributed by atoms with Crippen molar-refractivity contribution in [3.05, 3.63) is 15.9 Å². The first kappa shape index (κ1) is 12.4. The van der Waals surface area contributed by atoms with Crippen LogP contribution in [0.1, 0.15) is 38.1 Å². The number of carbonyl (C=O) groups is 1. The summed E-state index contributed by atoms with van der Waals surface area (Å²) in [6, 6.07) is 0. The van der Waals surface area contributed by atoms with Gasteiger partial charge in [0, 0.05) is 19.4 Å². The Bertz CT molecular complexity index is 358. The van der Waals surface area contributed by atoms with Crippen molar-refractivity contribution in [3.63, 3.8) is 0 Å². The first-order chi connectivity index (χ1) is 7.10. The lowest BCUT2D eigenvalue weighted by molar-refractivity contribution is -0.118. The Labute approximate surface area is 99.0 Å². The van der Waals surface area contributed by atoms with Crippen LogP contribution in [0.25, 0.3) is 0 Å². The van der Waals surface area contributed by atoms with Gasteiger partial charge in [0.25, 0.3) is 0 Å². The van der Waals surface area contributed by atoms with Crippen LogP contribution in [0.2, 0.25) is 0 Å². The number of aromatic nitrogens is 2. The van der Waals surface area contributed by atoms with Crippen molar-refractivity contribution in [2.45, 2.75) is 46.6 Å². The van der Waals surface area contributed by atoms with Gasteiger partial charge in [0.05, 0.1) is 15.9 Å². The van der Waals surface area contributed by atoms with Crippen LogP contribution in [0.15, 0.2) is 4.47 Å². The lowest BCUT2D eigenvalue weighted by Crippen LogP contribution is -2.06. The van der Waals surface area contributed by atoms with Gasteiger partial charge in [-0.25, -0.2) is 0 Å². The maximum absolute atomic E-state index is 11.3. The van der Waals surface area contributed by atoms with E-state index >= 15 is 0 Å². The van der Waals surface area contributed by atoms with Gasteiger partial charge in [0.15, 0.2) is 0 Å². The number of ketones is 1. The van der Waals surface area contributed by atoms with Gasteiger partial charge in [-0.05, 0) is 36.2 Å². The maximum atomic E-state index is 11.3. The largest absolute Gasteiger partial charge is 0.300 e. The molecule has 0 spiro atoms. The van der Waals surface area contributed by atoms with Gasteiger partial charge in [-0.3, -0.25) is 9.48 Å².